The van der Waals surface area contributed by atoms with Crippen molar-refractivity contribution < 1.29 is 18.3 Å². The van der Waals surface area contributed by atoms with Gasteiger partial charge in [-0.15, -0.1) is 0 Å². The minimum Gasteiger partial charge on any atom is -0.392 e. The number of fused-ring (bicyclic) bond motifs is 1. The molecule has 0 aliphatic carbocycles. The van der Waals surface area contributed by atoms with Crippen molar-refractivity contribution in [2.45, 2.75) is 23.8 Å². The molecule has 7 heteroatoms. The number of aliphatic hydroxyl groups is 1. The Balaban J connectivity index is 1.96. The molecule has 1 fully saturated rings. The van der Waals surface area contributed by atoms with Crippen LogP contribution in [0, 0.1) is 0 Å². The van der Waals surface area contributed by atoms with Gasteiger partial charge in [-0.05, 0) is 30.2 Å². The zero-order valence-electron chi connectivity index (χ0n) is 11.1. The van der Waals surface area contributed by atoms with Gasteiger partial charge in [-0.3, -0.25) is 4.79 Å². The Hall–Kier alpha value is -1.44. The molecule has 0 spiro atoms. The van der Waals surface area contributed by atoms with E-state index in [1.807, 2.05) is 0 Å². The third-order valence-corrected chi connectivity index (χ3v) is 5.75. The van der Waals surface area contributed by atoms with Gasteiger partial charge in [0.2, 0.25) is 15.9 Å². The Morgan fingerprint density at radius 2 is 2.10 bits per heavy atom. The Bertz CT molecular complexity index is 671. The van der Waals surface area contributed by atoms with E-state index in [0.717, 1.165) is 11.3 Å². The van der Waals surface area contributed by atoms with Crippen LogP contribution in [0.2, 0.25) is 0 Å². The smallest absolute Gasteiger partial charge is 0.243 e. The van der Waals surface area contributed by atoms with Crippen LogP contribution in [0.1, 0.15) is 12.0 Å². The van der Waals surface area contributed by atoms with Gasteiger partial charge in [-0.1, -0.05) is 0 Å². The number of sulfonamides is 1. The zero-order chi connectivity index (χ0) is 14.5. The summed E-state index contributed by atoms with van der Waals surface area (Å²) >= 11 is 0. The molecule has 1 aromatic rings. The highest BCUT2D eigenvalue weighted by Gasteiger charge is 2.33. The molecule has 20 heavy (non-hydrogen) atoms. The molecule has 0 aromatic heterocycles. The van der Waals surface area contributed by atoms with Gasteiger partial charge in [0.05, 0.1) is 17.4 Å². The molecular formula is C13H16N2O4S. The van der Waals surface area contributed by atoms with E-state index < -0.39 is 16.1 Å². The van der Waals surface area contributed by atoms with Crippen LogP contribution in [0.25, 0.3) is 0 Å². The fourth-order valence-electron chi connectivity index (χ4n) is 2.69. The van der Waals surface area contributed by atoms with Gasteiger partial charge in [0.25, 0.3) is 0 Å². The summed E-state index contributed by atoms with van der Waals surface area (Å²) in [6, 6.07) is 4.75. The molecule has 1 N–H and O–H groups in total. The number of anilines is 1. The summed E-state index contributed by atoms with van der Waals surface area (Å²) < 4.78 is 26.2. The van der Waals surface area contributed by atoms with Crippen LogP contribution in [-0.4, -0.2) is 50.0 Å². The number of hydrogen-bond donors (Lipinski definition) is 1. The first kappa shape index (κ1) is 13.5. The van der Waals surface area contributed by atoms with Crippen LogP contribution in [0.3, 0.4) is 0 Å². The van der Waals surface area contributed by atoms with Crippen molar-refractivity contribution in [1.82, 2.24) is 4.31 Å². The van der Waals surface area contributed by atoms with E-state index >= 15 is 0 Å². The lowest BCUT2D eigenvalue weighted by Gasteiger charge is -2.17. The largest absolute Gasteiger partial charge is 0.392 e. The summed E-state index contributed by atoms with van der Waals surface area (Å²) in [7, 11) is -1.90. The zero-order valence-corrected chi connectivity index (χ0v) is 11.9. The number of carbonyl (C=O) groups excluding carboxylic acids is 1. The molecule has 1 amide bonds. The predicted molar refractivity (Wildman–Crippen MR) is 72.9 cm³/mol. The fourth-order valence-corrected chi connectivity index (χ4v) is 4.23. The lowest BCUT2D eigenvalue weighted by molar-refractivity contribution is -0.117. The number of amides is 1. The van der Waals surface area contributed by atoms with Gasteiger partial charge in [0, 0.05) is 25.8 Å². The standard InChI is InChI=1S/C13H16N2O4S/c1-14-12-3-2-11(6-9(12)7-13(14)17)20(18,19)15-5-4-10(16)8-15/h2-3,6,10,16H,4-5,7-8H2,1H3/t10-/m0/s1. The molecule has 1 atom stereocenters. The van der Waals surface area contributed by atoms with Crippen LogP contribution in [0.5, 0.6) is 0 Å². The normalized spacial score (nSPS) is 23.4. The van der Waals surface area contributed by atoms with Gasteiger partial charge in [0.1, 0.15) is 0 Å². The summed E-state index contributed by atoms with van der Waals surface area (Å²) in [5.74, 6) is -0.0360. The first-order valence-electron chi connectivity index (χ1n) is 6.47. The highest BCUT2D eigenvalue weighted by Crippen LogP contribution is 2.31. The summed E-state index contributed by atoms with van der Waals surface area (Å²) in [5, 5.41) is 9.48. The van der Waals surface area contributed by atoms with Gasteiger partial charge < -0.3 is 10.0 Å². The Morgan fingerprint density at radius 1 is 1.35 bits per heavy atom. The molecule has 2 aliphatic rings. The van der Waals surface area contributed by atoms with Crippen LogP contribution in [-0.2, 0) is 21.2 Å². The van der Waals surface area contributed by atoms with Crippen molar-refractivity contribution in [2.75, 3.05) is 25.0 Å². The maximum Gasteiger partial charge on any atom is 0.243 e. The summed E-state index contributed by atoms with van der Waals surface area (Å²) in [5.41, 5.74) is 1.49. The lowest BCUT2D eigenvalue weighted by Crippen LogP contribution is -2.29. The maximum atomic E-state index is 12.5. The topological polar surface area (TPSA) is 77.9 Å². The van der Waals surface area contributed by atoms with Crippen molar-refractivity contribution >= 4 is 21.6 Å². The third-order valence-electron chi connectivity index (χ3n) is 3.89. The Kier molecular flexibility index (Phi) is 3.07. The Morgan fingerprint density at radius 3 is 2.75 bits per heavy atom. The van der Waals surface area contributed by atoms with Crippen LogP contribution in [0.4, 0.5) is 5.69 Å². The van der Waals surface area contributed by atoms with Gasteiger partial charge in [-0.25, -0.2) is 8.42 Å². The van der Waals surface area contributed by atoms with Crippen LogP contribution in [0.15, 0.2) is 23.1 Å². The van der Waals surface area contributed by atoms with Crippen molar-refractivity contribution in [3.8, 4) is 0 Å². The van der Waals surface area contributed by atoms with E-state index in [-0.39, 0.29) is 23.8 Å². The van der Waals surface area contributed by atoms with E-state index in [1.165, 1.54) is 15.3 Å². The molecule has 0 radical (unpaired) electrons. The molecule has 0 unspecified atom stereocenters. The molecule has 0 bridgehead atoms. The molecular weight excluding hydrogens is 280 g/mol. The quantitative estimate of drug-likeness (QED) is 0.831. The first-order valence-corrected chi connectivity index (χ1v) is 7.91. The second kappa shape index (κ2) is 4.54. The van der Waals surface area contributed by atoms with E-state index in [4.69, 9.17) is 0 Å². The second-order valence-electron chi connectivity index (χ2n) is 5.23. The number of hydrogen-bond acceptors (Lipinski definition) is 4. The molecule has 0 saturated carbocycles. The average Bonchev–Trinajstić information content (AvgIpc) is 2.95. The number of nitrogens with zero attached hydrogens (tertiary/aromatic N) is 2. The highest BCUT2D eigenvalue weighted by atomic mass is 32.2. The van der Waals surface area contributed by atoms with E-state index in [0.29, 0.717) is 13.0 Å². The summed E-state index contributed by atoms with van der Waals surface area (Å²) in [6.45, 7) is 0.470. The molecule has 3 rings (SSSR count). The Labute approximate surface area is 117 Å². The predicted octanol–water partition coefficient (Wildman–Crippen LogP) is -0.0392. The maximum absolute atomic E-state index is 12.5. The monoisotopic (exact) mass is 296 g/mol. The number of likely N-dealkylation sites (N-methyl/N-ethyl adjacent to an activating group) is 1. The minimum absolute atomic E-state index is 0.0360. The van der Waals surface area contributed by atoms with Crippen molar-refractivity contribution in [1.29, 1.82) is 0 Å². The number of rotatable bonds is 2. The second-order valence-corrected chi connectivity index (χ2v) is 7.16. The summed E-state index contributed by atoms with van der Waals surface area (Å²) in [4.78, 5) is 13.3. The molecule has 6 nitrogen and oxygen atoms in total. The molecule has 1 saturated heterocycles. The van der Waals surface area contributed by atoms with Crippen molar-refractivity contribution in [3.63, 3.8) is 0 Å². The highest BCUT2D eigenvalue weighted by molar-refractivity contribution is 7.89. The number of aliphatic hydroxyl groups excluding tert-OH is 1. The van der Waals surface area contributed by atoms with E-state index in [2.05, 4.69) is 0 Å². The number of β-amino-alcohol motifs (C(OH)–C–C–N with tert-alkyl or cyclic N) is 1. The van der Waals surface area contributed by atoms with E-state index in [9.17, 15) is 18.3 Å². The molecule has 2 heterocycles. The van der Waals surface area contributed by atoms with Gasteiger partial charge in [0.15, 0.2) is 0 Å². The SMILES string of the molecule is CN1C(=O)Cc2cc(S(=O)(=O)N3CC[C@H](O)C3)ccc21. The number of benzene rings is 1. The molecule has 2 aliphatic heterocycles. The van der Waals surface area contributed by atoms with E-state index in [1.54, 1.807) is 19.2 Å². The fraction of sp³-hybridized carbons (Fsp3) is 0.462. The van der Waals surface area contributed by atoms with Crippen LogP contribution >= 0.6 is 0 Å². The first-order chi connectivity index (χ1) is 9.39. The van der Waals surface area contributed by atoms with Crippen LogP contribution < -0.4 is 4.90 Å². The number of carbonyl (C=O) groups is 1. The molecule has 1 aromatic carbocycles. The molecule has 108 valence electrons. The third kappa shape index (κ3) is 2.02. The van der Waals surface area contributed by atoms with Crippen molar-refractivity contribution in [3.05, 3.63) is 23.8 Å². The minimum atomic E-state index is -3.58. The van der Waals surface area contributed by atoms with Crippen molar-refractivity contribution in [2.24, 2.45) is 0 Å². The summed E-state index contributed by atoms with van der Waals surface area (Å²) in [6.07, 6.45) is 0.107. The lowest BCUT2D eigenvalue weighted by atomic mass is 10.2. The van der Waals surface area contributed by atoms with Gasteiger partial charge in [-0.2, -0.15) is 4.31 Å². The average molecular weight is 296 g/mol. The van der Waals surface area contributed by atoms with Gasteiger partial charge >= 0.3 is 0 Å².